The van der Waals surface area contributed by atoms with Gasteiger partial charge in [-0.25, -0.2) is 9.61 Å². The molecule has 1 amide bonds. The summed E-state index contributed by atoms with van der Waals surface area (Å²) in [7, 11) is 1.64. The van der Waals surface area contributed by atoms with E-state index in [9.17, 15) is 4.79 Å². The Morgan fingerprint density at radius 2 is 2.00 bits per heavy atom. The molecule has 1 aliphatic heterocycles. The summed E-state index contributed by atoms with van der Waals surface area (Å²) in [6.45, 7) is 3.00. The summed E-state index contributed by atoms with van der Waals surface area (Å²) in [6.07, 6.45) is -0.309. The second-order valence-electron chi connectivity index (χ2n) is 6.49. The van der Waals surface area contributed by atoms with E-state index in [4.69, 9.17) is 14.5 Å². The second kappa shape index (κ2) is 7.77. The van der Waals surface area contributed by atoms with E-state index in [2.05, 4.69) is 14.9 Å². The van der Waals surface area contributed by atoms with Crippen molar-refractivity contribution in [2.75, 3.05) is 26.8 Å². The van der Waals surface area contributed by atoms with Gasteiger partial charge in [0.15, 0.2) is 5.69 Å². The van der Waals surface area contributed by atoms with Crippen molar-refractivity contribution in [1.29, 1.82) is 0 Å². The molecule has 0 spiro atoms. The van der Waals surface area contributed by atoms with Gasteiger partial charge in [0.1, 0.15) is 17.5 Å². The topological polar surface area (TPSA) is 90.6 Å². The fourth-order valence-corrected chi connectivity index (χ4v) is 3.14. The Kier molecular flexibility index (Phi) is 5.03. The van der Waals surface area contributed by atoms with Crippen LogP contribution in [0.4, 0.5) is 0 Å². The van der Waals surface area contributed by atoms with Gasteiger partial charge in [-0.3, -0.25) is 4.79 Å². The Morgan fingerprint density at radius 3 is 2.71 bits per heavy atom. The molecule has 4 rings (SSSR count). The number of ether oxygens (including phenoxy) is 2. The first-order chi connectivity index (χ1) is 13.7. The summed E-state index contributed by atoms with van der Waals surface area (Å²) < 4.78 is 15.7. The average Bonchev–Trinajstić information content (AvgIpc) is 3.19. The summed E-state index contributed by atoms with van der Waals surface area (Å²) >= 11 is 0. The zero-order chi connectivity index (χ0) is 19.5. The Balaban J connectivity index is 1.53. The number of amides is 1. The maximum Gasteiger partial charge on any atom is 0.278 e. The Labute approximate surface area is 162 Å². The molecular weight excluding hydrogens is 360 g/mol. The summed E-state index contributed by atoms with van der Waals surface area (Å²) in [5.74, 6) is 0.584. The number of aryl methyl sites for hydroxylation is 1. The van der Waals surface area contributed by atoms with Crippen LogP contribution in [0.15, 0.2) is 47.1 Å². The van der Waals surface area contributed by atoms with Crippen molar-refractivity contribution in [2.24, 2.45) is 0 Å². The monoisotopic (exact) mass is 380 g/mol. The van der Waals surface area contributed by atoms with E-state index in [1.807, 2.05) is 42.5 Å². The number of benzene rings is 1. The standard InChI is InChI=1S/C20H20N4O4/c1-13-19(23-28-22-13)20(25)24-10-11-27-18(12-24)17-5-3-4-16(21-17)14-6-8-15(26-2)9-7-14/h3-9,18H,10-12H2,1-2H3/t18-/m1/s1. The van der Waals surface area contributed by atoms with Gasteiger partial charge < -0.3 is 14.4 Å². The first kappa shape index (κ1) is 18.1. The summed E-state index contributed by atoms with van der Waals surface area (Å²) in [5, 5.41) is 7.39. The van der Waals surface area contributed by atoms with Crippen LogP contribution >= 0.6 is 0 Å². The summed E-state index contributed by atoms with van der Waals surface area (Å²) in [6, 6.07) is 13.5. The van der Waals surface area contributed by atoms with Gasteiger partial charge in [-0.2, -0.15) is 0 Å². The molecular formula is C20H20N4O4. The lowest BCUT2D eigenvalue weighted by molar-refractivity contribution is -0.0250. The van der Waals surface area contributed by atoms with Gasteiger partial charge >= 0.3 is 0 Å². The number of carbonyl (C=O) groups excluding carboxylic acids is 1. The van der Waals surface area contributed by atoms with Gasteiger partial charge in [-0.1, -0.05) is 11.2 Å². The van der Waals surface area contributed by atoms with E-state index >= 15 is 0 Å². The Hall–Kier alpha value is -3.26. The van der Waals surface area contributed by atoms with Crippen LogP contribution in [0.3, 0.4) is 0 Å². The Bertz CT molecular complexity index is 970. The molecule has 1 fully saturated rings. The van der Waals surface area contributed by atoms with Crippen LogP contribution in [0.25, 0.3) is 11.3 Å². The maximum absolute atomic E-state index is 12.7. The van der Waals surface area contributed by atoms with Crippen molar-refractivity contribution in [2.45, 2.75) is 13.0 Å². The van der Waals surface area contributed by atoms with Crippen LogP contribution < -0.4 is 4.74 Å². The van der Waals surface area contributed by atoms with E-state index in [0.717, 1.165) is 22.7 Å². The van der Waals surface area contributed by atoms with Crippen molar-refractivity contribution >= 4 is 5.91 Å². The quantitative estimate of drug-likeness (QED) is 0.687. The van der Waals surface area contributed by atoms with Gasteiger partial charge in [0.25, 0.3) is 5.91 Å². The predicted octanol–water partition coefficient (Wildman–Crippen LogP) is 2.66. The number of pyridine rings is 1. The summed E-state index contributed by atoms with van der Waals surface area (Å²) in [5.41, 5.74) is 3.31. The summed E-state index contributed by atoms with van der Waals surface area (Å²) in [4.78, 5) is 19.1. The predicted molar refractivity (Wildman–Crippen MR) is 99.9 cm³/mol. The molecule has 8 heteroatoms. The molecule has 1 aliphatic rings. The second-order valence-corrected chi connectivity index (χ2v) is 6.49. The number of nitrogens with zero attached hydrogens (tertiary/aromatic N) is 4. The first-order valence-electron chi connectivity index (χ1n) is 8.97. The van der Waals surface area contributed by atoms with Crippen LogP contribution in [0.1, 0.15) is 28.0 Å². The minimum Gasteiger partial charge on any atom is -0.497 e. The van der Waals surface area contributed by atoms with Crippen molar-refractivity contribution in [3.05, 3.63) is 59.5 Å². The molecule has 1 saturated heterocycles. The number of rotatable bonds is 4. The van der Waals surface area contributed by atoms with Crippen LogP contribution in [0.2, 0.25) is 0 Å². The molecule has 3 heterocycles. The fraction of sp³-hybridized carbons (Fsp3) is 0.300. The average molecular weight is 380 g/mol. The number of aromatic nitrogens is 3. The first-order valence-corrected chi connectivity index (χ1v) is 8.97. The molecule has 0 radical (unpaired) electrons. The minimum absolute atomic E-state index is 0.210. The normalized spacial score (nSPS) is 16.8. The highest BCUT2D eigenvalue weighted by Crippen LogP contribution is 2.26. The molecule has 0 N–H and O–H groups in total. The van der Waals surface area contributed by atoms with Crippen molar-refractivity contribution < 1.29 is 18.9 Å². The van der Waals surface area contributed by atoms with Crippen molar-refractivity contribution in [3.63, 3.8) is 0 Å². The van der Waals surface area contributed by atoms with Crippen molar-refractivity contribution in [1.82, 2.24) is 20.2 Å². The molecule has 8 nitrogen and oxygen atoms in total. The SMILES string of the molecule is COc1ccc(-c2cccc([C@H]3CN(C(=O)c4nonc4C)CCO3)n2)cc1. The molecule has 2 aromatic heterocycles. The number of hydrogen-bond donors (Lipinski definition) is 0. The third kappa shape index (κ3) is 3.59. The molecule has 0 saturated carbocycles. The number of morpholine rings is 1. The van der Waals surface area contributed by atoms with E-state index in [1.165, 1.54) is 0 Å². The fourth-order valence-electron chi connectivity index (χ4n) is 3.14. The molecule has 0 unspecified atom stereocenters. The van der Waals surface area contributed by atoms with Gasteiger partial charge in [-0.15, -0.1) is 0 Å². The van der Waals surface area contributed by atoms with Crippen LogP contribution in [0, 0.1) is 6.92 Å². The van der Waals surface area contributed by atoms with Crippen LogP contribution in [0.5, 0.6) is 5.75 Å². The zero-order valence-electron chi connectivity index (χ0n) is 15.7. The molecule has 1 aromatic carbocycles. The number of carbonyl (C=O) groups is 1. The highest BCUT2D eigenvalue weighted by atomic mass is 16.6. The lowest BCUT2D eigenvalue weighted by Crippen LogP contribution is -2.42. The van der Waals surface area contributed by atoms with Crippen molar-refractivity contribution in [3.8, 4) is 17.0 Å². The van der Waals surface area contributed by atoms with Gasteiger partial charge in [-0.05, 0) is 48.5 Å². The van der Waals surface area contributed by atoms with Gasteiger partial charge in [0.2, 0.25) is 0 Å². The highest BCUT2D eigenvalue weighted by Gasteiger charge is 2.29. The Morgan fingerprint density at radius 1 is 1.18 bits per heavy atom. The molecule has 0 bridgehead atoms. The van der Waals surface area contributed by atoms with E-state index < -0.39 is 0 Å². The number of hydrogen-bond acceptors (Lipinski definition) is 7. The third-order valence-corrected chi connectivity index (χ3v) is 4.70. The molecule has 144 valence electrons. The molecule has 1 atom stereocenters. The van der Waals surface area contributed by atoms with E-state index in [-0.39, 0.29) is 17.7 Å². The van der Waals surface area contributed by atoms with E-state index in [0.29, 0.717) is 25.4 Å². The molecule has 28 heavy (non-hydrogen) atoms. The third-order valence-electron chi connectivity index (χ3n) is 4.70. The lowest BCUT2D eigenvalue weighted by atomic mass is 10.1. The highest BCUT2D eigenvalue weighted by molar-refractivity contribution is 5.93. The van der Waals surface area contributed by atoms with Gasteiger partial charge in [0, 0.05) is 12.1 Å². The largest absolute Gasteiger partial charge is 0.497 e. The molecule has 3 aromatic rings. The lowest BCUT2D eigenvalue weighted by Gasteiger charge is -2.32. The van der Waals surface area contributed by atoms with Crippen LogP contribution in [-0.4, -0.2) is 52.9 Å². The number of methoxy groups -OCH3 is 1. The van der Waals surface area contributed by atoms with Gasteiger partial charge in [0.05, 0.1) is 31.6 Å². The smallest absolute Gasteiger partial charge is 0.278 e. The molecule has 0 aliphatic carbocycles. The van der Waals surface area contributed by atoms with Crippen LogP contribution in [-0.2, 0) is 4.74 Å². The van der Waals surface area contributed by atoms with E-state index in [1.54, 1.807) is 18.9 Å². The minimum atomic E-state index is -0.309. The zero-order valence-corrected chi connectivity index (χ0v) is 15.7. The maximum atomic E-state index is 12.7.